The number of para-hydroxylation sites is 2. The fraction of sp³-hybridized carbons (Fsp3) is 0.0500. The Morgan fingerprint density at radius 1 is 0.364 bits per heavy atom. The van der Waals surface area contributed by atoms with Crippen molar-refractivity contribution in [1.29, 1.82) is 0 Å². The van der Waals surface area contributed by atoms with Crippen LogP contribution in [0.3, 0.4) is 0 Å². The number of rotatable bonds is 5. The van der Waals surface area contributed by atoms with Gasteiger partial charge in [0.25, 0.3) is 0 Å². The van der Waals surface area contributed by atoms with Gasteiger partial charge in [0.05, 0.1) is 11.0 Å². The summed E-state index contributed by atoms with van der Waals surface area (Å²) in [5.41, 5.74) is 16.9. The van der Waals surface area contributed by atoms with E-state index in [1.807, 2.05) is 72.8 Å². The normalized spacial score (nSPS) is 13.1. The van der Waals surface area contributed by atoms with E-state index in [9.17, 15) is 0 Å². The second-order valence-electron chi connectivity index (χ2n) is 18.0. The van der Waals surface area contributed by atoms with Gasteiger partial charge in [0.15, 0.2) is 17.5 Å². The number of fused-ring (bicyclic) bond motifs is 12. The molecule has 0 N–H and O–H groups in total. The van der Waals surface area contributed by atoms with Crippen molar-refractivity contribution in [2.24, 2.45) is 0 Å². The minimum absolute atomic E-state index is 0.118. The summed E-state index contributed by atoms with van der Waals surface area (Å²) in [6.07, 6.45) is 0. The number of hydrogen-bond donors (Lipinski definition) is 0. The molecule has 1 aliphatic carbocycles. The summed E-state index contributed by atoms with van der Waals surface area (Å²) in [6.45, 7) is 4.71. The lowest BCUT2D eigenvalue weighted by atomic mass is 9.82. The lowest BCUT2D eigenvalue weighted by molar-refractivity contribution is 0.661. The number of nitrogens with zero attached hydrogens (tertiary/aromatic N) is 4. The van der Waals surface area contributed by atoms with Gasteiger partial charge in [-0.1, -0.05) is 129 Å². The van der Waals surface area contributed by atoms with Crippen LogP contribution in [0.2, 0.25) is 0 Å². The van der Waals surface area contributed by atoms with Crippen molar-refractivity contribution in [2.75, 3.05) is 0 Å². The first-order valence-electron chi connectivity index (χ1n) is 22.4. The summed E-state index contributed by atoms with van der Waals surface area (Å²) in [6, 6.07) is 68.4. The molecule has 0 aliphatic heterocycles. The summed E-state index contributed by atoms with van der Waals surface area (Å²) in [4.78, 5) is 15.5. The van der Waals surface area contributed by atoms with Crippen molar-refractivity contribution in [1.82, 2.24) is 19.5 Å². The molecule has 14 rings (SSSR count). The van der Waals surface area contributed by atoms with E-state index in [0.717, 1.165) is 77.4 Å². The third kappa shape index (κ3) is 5.39. The third-order valence-electron chi connectivity index (χ3n) is 13.9. The molecule has 0 saturated heterocycles. The van der Waals surface area contributed by atoms with Gasteiger partial charge in [0, 0.05) is 60.1 Å². The molecule has 0 bridgehead atoms. The Balaban J connectivity index is 0.952. The number of hydrogen-bond acceptors (Lipinski definition) is 5. The summed E-state index contributed by atoms with van der Waals surface area (Å²) < 4.78 is 15.2. The molecule has 6 heteroatoms. The molecule has 0 radical (unpaired) electrons. The molecule has 66 heavy (non-hydrogen) atoms. The Hall–Kier alpha value is -8.61. The Bertz CT molecular complexity index is 4140. The summed E-state index contributed by atoms with van der Waals surface area (Å²) in [7, 11) is 0. The maximum Gasteiger partial charge on any atom is 0.164 e. The van der Waals surface area contributed by atoms with E-state index >= 15 is 0 Å². The van der Waals surface area contributed by atoms with Crippen LogP contribution in [0.15, 0.2) is 203 Å². The summed E-state index contributed by atoms with van der Waals surface area (Å²) in [5.74, 6) is 1.75. The minimum Gasteiger partial charge on any atom is -0.456 e. The summed E-state index contributed by atoms with van der Waals surface area (Å²) in [5, 5.41) is 6.48. The van der Waals surface area contributed by atoms with Gasteiger partial charge in [0.2, 0.25) is 0 Å². The highest BCUT2D eigenvalue weighted by atomic mass is 16.3. The Labute approximate surface area is 379 Å². The molecule has 1 aliphatic rings. The van der Waals surface area contributed by atoms with Crippen molar-refractivity contribution in [3.05, 3.63) is 205 Å². The molecule has 4 heterocycles. The van der Waals surface area contributed by atoms with Crippen LogP contribution in [0.4, 0.5) is 0 Å². The second kappa shape index (κ2) is 13.7. The largest absolute Gasteiger partial charge is 0.456 e. The quantitative estimate of drug-likeness (QED) is 0.173. The molecule has 6 nitrogen and oxygen atoms in total. The van der Waals surface area contributed by atoms with E-state index in [4.69, 9.17) is 23.8 Å². The van der Waals surface area contributed by atoms with Gasteiger partial charge < -0.3 is 13.4 Å². The topological polar surface area (TPSA) is 69.9 Å². The van der Waals surface area contributed by atoms with Gasteiger partial charge in [0.1, 0.15) is 22.3 Å². The fourth-order valence-corrected chi connectivity index (χ4v) is 10.6. The molecule has 4 aromatic heterocycles. The van der Waals surface area contributed by atoms with E-state index in [2.05, 4.69) is 140 Å². The van der Waals surface area contributed by atoms with Crippen LogP contribution >= 0.6 is 0 Å². The third-order valence-corrected chi connectivity index (χ3v) is 13.9. The van der Waals surface area contributed by atoms with E-state index in [0.29, 0.717) is 17.5 Å². The molecule has 0 atom stereocenters. The lowest BCUT2D eigenvalue weighted by Crippen LogP contribution is -2.14. The molecule has 0 unspecified atom stereocenters. The minimum atomic E-state index is -0.118. The smallest absolute Gasteiger partial charge is 0.164 e. The van der Waals surface area contributed by atoms with Crippen LogP contribution < -0.4 is 0 Å². The first-order chi connectivity index (χ1) is 32.4. The van der Waals surface area contributed by atoms with Crippen molar-refractivity contribution < 1.29 is 8.83 Å². The van der Waals surface area contributed by atoms with E-state index < -0.39 is 0 Å². The standard InChI is InChI=1S/C60H38N4O2/c1-60(2)48-21-11-9-18-40(48)43-34-51-45(33-49(43)60)44-30-36(24-27-50(44)64(51)39-16-7-4-8-17-39)37-25-28-54-47(31-37)56-42(20-13-23-55(56)66-54)59-62-57(35-14-5-3-6-15-35)61-58(63-59)38-26-29-53-46(32-38)41-19-10-12-22-52(41)65-53/h3-34H,1-2H3. The zero-order valence-corrected chi connectivity index (χ0v) is 36.1. The molecule has 0 spiro atoms. The second-order valence-corrected chi connectivity index (χ2v) is 18.0. The zero-order valence-electron chi connectivity index (χ0n) is 36.1. The van der Waals surface area contributed by atoms with Crippen molar-refractivity contribution >= 4 is 65.7 Å². The predicted octanol–water partition coefficient (Wildman–Crippen LogP) is 15.7. The van der Waals surface area contributed by atoms with Crippen LogP contribution in [0.5, 0.6) is 0 Å². The molecule has 9 aromatic carbocycles. The average Bonchev–Trinajstić information content (AvgIpc) is 4.09. The van der Waals surface area contributed by atoms with Crippen LogP contribution in [0.25, 0.3) is 128 Å². The predicted molar refractivity (Wildman–Crippen MR) is 268 cm³/mol. The van der Waals surface area contributed by atoms with Crippen LogP contribution in [0.1, 0.15) is 25.0 Å². The maximum atomic E-state index is 6.60. The highest BCUT2D eigenvalue weighted by molar-refractivity contribution is 6.15. The summed E-state index contributed by atoms with van der Waals surface area (Å²) >= 11 is 0. The first kappa shape index (κ1) is 36.8. The van der Waals surface area contributed by atoms with Gasteiger partial charge in [-0.25, -0.2) is 15.0 Å². The molecule has 0 fully saturated rings. The molecular formula is C60H38N4O2. The highest BCUT2D eigenvalue weighted by Crippen LogP contribution is 2.51. The number of furan rings is 2. The van der Waals surface area contributed by atoms with E-state index in [1.54, 1.807) is 0 Å². The Kier molecular flexibility index (Phi) is 7.64. The Morgan fingerprint density at radius 2 is 0.955 bits per heavy atom. The molecule has 13 aromatic rings. The van der Waals surface area contributed by atoms with E-state index in [1.165, 1.54) is 44.1 Å². The van der Waals surface area contributed by atoms with Crippen LogP contribution in [0, 0.1) is 0 Å². The van der Waals surface area contributed by atoms with Gasteiger partial charge in [-0.15, -0.1) is 0 Å². The van der Waals surface area contributed by atoms with Gasteiger partial charge in [-0.3, -0.25) is 0 Å². The molecule has 0 saturated carbocycles. The molecule has 310 valence electrons. The maximum absolute atomic E-state index is 6.60. The van der Waals surface area contributed by atoms with Crippen LogP contribution in [-0.2, 0) is 5.41 Å². The van der Waals surface area contributed by atoms with E-state index in [-0.39, 0.29) is 5.41 Å². The van der Waals surface area contributed by atoms with Gasteiger partial charge >= 0.3 is 0 Å². The monoisotopic (exact) mass is 846 g/mol. The average molecular weight is 847 g/mol. The number of benzene rings is 9. The van der Waals surface area contributed by atoms with Gasteiger partial charge in [-0.05, 0) is 112 Å². The lowest BCUT2D eigenvalue weighted by Gasteiger charge is -2.21. The SMILES string of the molecule is CC1(C)c2ccccc2-c2cc3c(cc21)c1cc(-c2ccc4oc5cccc(-c6nc(-c7ccccc7)nc(-c7ccc8oc9ccccc9c8c7)n6)c5c4c2)ccc1n3-c1ccccc1. The Morgan fingerprint density at radius 3 is 1.80 bits per heavy atom. The molecular weight excluding hydrogens is 809 g/mol. The number of aromatic nitrogens is 4. The highest BCUT2D eigenvalue weighted by Gasteiger charge is 2.36. The fourth-order valence-electron chi connectivity index (χ4n) is 10.6. The first-order valence-corrected chi connectivity index (χ1v) is 22.4. The van der Waals surface area contributed by atoms with Crippen molar-refractivity contribution in [2.45, 2.75) is 19.3 Å². The van der Waals surface area contributed by atoms with Crippen LogP contribution in [-0.4, -0.2) is 19.5 Å². The zero-order chi connectivity index (χ0) is 43.7. The molecule has 0 amide bonds. The van der Waals surface area contributed by atoms with Crippen molar-refractivity contribution in [3.8, 4) is 62.1 Å². The van der Waals surface area contributed by atoms with Crippen molar-refractivity contribution in [3.63, 3.8) is 0 Å². The van der Waals surface area contributed by atoms with Gasteiger partial charge in [-0.2, -0.15) is 0 Å².